The van der Waals surface area contributed by atoms with E-state index in [9.17, 15) is 30.0 Å². The first kappa shape index (κ1) is 17.4. The fourth-order valence-corrected chi connectivity index (χ4v) is 4.83. The van der Waals surface area contributed by atoms with E-state index in [0.29, 0.717) is 10.4 Å². The van der Waals surface area contributed by atoms with Crippen LogP contribution < -0.4 is 8.75 Å². The summed E-state index contributed by atoms with van der Waals surface area (Å²) in [4.78, 5) is 0. The van der Waals surface area contributed by atoms with Crippen LogP contribution in [-0.4, -0.2) is 55.9 Å². The highest BCUT2D eigenvalue weighted by Crippen LogP contribution is 2.32. The molecule has 0 aliphatic carbocycles. The second-order valence-electron chi connectivity index (χ2n) is 5.39. The van der Waals surface area contributed by atoms with Crippen LogP contribution >= 0.6 is 0 Å². The molecule has 3 heterocycles. The second kappa shape index (κ2) is 5.31. The molecule has 2 atom stereocenters. The zero-order valence-corrected chi connectivity index (χ0v) is 13.8. The molecular formula is C10H13F3N3O6S2+. The van der Waals surface area contributed by atoms with Gasteiger partial charge in [-0.1, -0.05) is 3.97 Å². The van der Waals surface area contributed by atoms with Gasteiger partial charge in [-0.2, -0.15) is 38.9 Å². The average molecular weight is 392 g/mol. The highest BCUT2D eigenvalue weighted by Gasteiger charge is 2.53. The van der Waals surface area contributed by atoms with E-state index in [-0.39, 0.29) is 19.3 Å². The maximum Gasteiger partial charge on any atom is 0.534 e. The van der Waals surface area contributed by atoms with Crippen molar-refractivity contribution < 1.29 is 43.5 Å². The van der Waals surface area contributed by atoms with Gasteiger partial charge in [0.1, 0.15) is 6.20 Å². The number of halogens is 3. The molecule has 1 aromatic heterocycles. The van der Waals surface area contributed by atoms with Gasteiger partial charge in [-0.25, -0.2) is 0 Å². The predicted molar refractivity (Wildman–Crippen MR) is 70.4 cm³/mol. The lowest BCUT2D eigenvalue weighted by Gasteiger charge is -2.23. The van der Waals surface area contributed by atoms with Gasteiger partial charge in [-0.15, -0.1) is 0 Å². The molecule has 2 fully saturated rings. The molecule has 1 aromatic rings. The average Bonchev–Trinajstić information content (AvgIpc) is 3.14. The summed E-state index contributed by atoms with van der Waals surface area (Å²) in [6, 6.07) is -1.43. The largest absolute Gasteiger partial charge is 0.534 e. The molecule has 9 nitrogen and oxygen atoms in total. The summed E-state index contributed by atoms with van der Waals surface area (Å²) in [6.07, 6.45) is 2.19. The summed E-state index contributed by atoms with van der Waals surface area (Å²) in [7, 11) is -9.15. The Morgan fingerprint density at radius 1 is 1.33 bits per heavy atom. The minimum absolute atomic E-state index is 0.0420. The van der Waals surface area contributed by atoms with Crippen LogP contribution in [0.2, 0.25) is 0 Å². The first-order valence-electron chi connectivity index (χ1n) is 6.65. The summed E-state index contributed by atoms with van der Waals surface area (Å²) in [5.41, 5.74) is -5.68. The quantitative estimate of drug-likeness (QED) is 0.374. The number of fused-ring (bicyclic) bond motifs is 2. The number of morpholine rings is 1. The summed E-state index contributed by atoms with van der Waals surface area (Å²) < 4.78 is 96.8. The number of aromatic nitrogens is 2. The number of nitrogens with zero attached hydrogens (tertiary/aromatic N) is 3. The van der Waals surface area contributed by atoms with E-state index in [0.717, 1.165) is 28.3 Å². The van der Waals surface area contributed by atoms with Crippen LogP contribution in [0.1, 0.15) is 6.42 Å². The van der Waals surface area contributed by atoms with Crippen molar-refractivity contribution in [2.24, 2.45) is 7.05 Å². The number of alkyl halides is 3. The van der Waals surface area contributed by atoms with Crippen LogP contribution in [0.3, 0.4) is 0 Å². The van der Waals surface area contributed by atoms with Crippen LogP contribution in [0, 0.1) is 0 Å². The van der Waals surface area contributed by atoms with Gasteiger partial charge < -0.3 is 8.92 Å². The lowest BCUT2D eigenvalue weighted by atomic mass is 10.3. The van der Waals surface area contributed by atoms with E-state index in [1.165, 1.54) is 0 Å². The van der Waals surface area contributed by atoms with E-state index in [1.807, 2.05) is 0 Å². The zero-order valence-electron chi connectivity index (χ0n) is 12.2. The molecule has 136 valence electrons. The van der Waals surface area contributed by atoms with Gasteiger partial charge >= 0.3 is 31.8 Å². The van der Waals surface area contributed by atoms with Gasteiger partial charge in [0.05, 0.1) is 25.8 Å². The molecule has 0 radical (unpaired) electrons. The Morgan fingerprint density at radius 3 is 2.50 bits per heavy atom. The summed E-state index contributed by atoms with van der Waals surface area (Å²) in [6.45, 7) is 0.217. The first-order chi connectivity index (χ1) is 10.9. The fraction of sp³-hybridized carbons (Fsp3) is 0.700. The molecule has 2 saturated heterocycles. The van der Waals surface area contributed by atoms with Crippen molar-refractivity contribution in [3.63, 3.8) is 0 Å². The number of aryl methyl sites for hydroxylation is 1. The van der Waals surface area contributed by atoms with Crippen LogP contribution in [0.25, 0.3) is 0 Å². The number of imidazole rings is 1. The van der Waals surface area contributed by atoms with E-state index in [1.54, 1.807) is 0 Å². The Balaban J connectivity index is 1.99. The Bertz CT molecular complexity index is 863. The van der Waals surface area contributed by atoms with Gasteiger partial charge in [-0.05, 0) is 6.42 Å². The van der Waals surface area contributed by atoms with Gasteiger partial charge in [0, 0.05) is 6.54 Å². The van der Waals surface area contributed by atoms with Crippen LogP contribution in [0.5, 0.6) is 6.01 Å². The zero-order chi connectivity index (χ0) is 17.9. The standard InChI is InChI=1S/C10H13F3N3O6S2/c1-14-2-3-15(9(14)22-23(17,18)10(11,12)13)24(19,20)16-5-8-4-7(16)6-21-8/h2-3,7-8H,4-6H2,1H3/q+1/t7-,8-/m0/s1. The summed E-state index contributed by atoms with van der Waals surface area (Å²) >= 11 is 0. The first-order valence-corrected chi connectivity index (χ1v) is 9.45. The minimum atomic E-state index is -6.01. The van der Waals surface area contributed by atoms with Crippen molar-refractivity contribution in [1.29, 1.82) is 0 Å². The number of ether oxygens (including phenoxy) is 1. The molecule has 0 N–H and O–H groups in total. The van der Waals surface area contributed by atoms with Crippen molar-refractivity contribution >= 4 is 20.3 Å². The third kappa shape index (κ3) is 2.66. The molecule has 3 rings (SSSR count). The van der Waals surface area contributed by atoms with E-state index in [2.05, 4.69) is 4.18 Å². The van der Waals surface area contributed by atoms with Gasteiger partial charge in [-0.3, -0.25) is 0 Å². The van der Waals surface area contributed by atoms with E-state index in [4.69, 9.17) is 4.74 Å². The summed E-state index contributed by atoms with van der Waals surface area (Å²) in [5.74, 6) is 0. The smallest absolute Gasteiger partial charge is 0.375 e. The highest BCUT2D eigenvalue weighted by atomic mass is 32.2. The molecule has 0 amide bonds. The molecule has 0 aromatic carbocycles. The van der Waals surface area contributed by atoms with Gasteiger partial charge in [0.25, 0.3) is 0 Å². The summed E-state index contributed by atoms with van der Waals surface area (Å²) in [5, 5.41) is 0. The molecule has 2 bridgehead atoms. The van der Waals surface area contributed by atoms with Crippen LogP contribution in [0.4, 0.5) is 13.2 Å². The Labute approximate surface area is 135 Å². The maximum absolute atomic E-state index is 12.7. The number of hydrogen-bond donors (Lipinski definition) is 0. The van der Waals surface area contributed by atoms with E-state index >= 15 is 0 Å². The van der Waals surface area contributed by atoms with Gasteiger partial charge in [0.2, 0.25) is 0 Å². The topological polar surface area (TPSA) is 98.8 Å². The molecule has 24 heavy (non-hydrogen) atoms. The molecule has 0 unspecified atom stereocenters. The van der Waals surface area contributed by atoms with Crippen molar-refractivity contribution in [1.82, 2.24) is 8.28 Å². The van der Waals surface area contributed by atoms with Gasteiger partial charge in [0.15, 0.2) is 6.20 Å². The molecule has 14 heteroatoms. The Kier molecular flexibility index (Phi) is 3.86. The fourth-order valence-electron chi connectivity index (χ4n) is 2.62. The SMILES string of the molecule is C[n+]1ccn(S(=O)(=O)N2C[C@@H]3C[C@H]2CO3)c1OS(=O)(=O)C(F)(F)F. The Morgan fingerprint density at radius 2 is 2.00 bits per heavy atom. The Hall–Kier alpha value is -1.38. The lowest BCUT2D eigenvalue weighted by Crippen LogP contribution is -2.45. The van der Waals surface area contributed by atoms with Crippen molar-refractivity contribution in [2.75, 3.05) is 13.2 Å². The third-order valence-corrected chi connectivity index (χ3v) is 6.53. The highest BCUT2D eigenvalue weighted by molar-refractivity contribution is 7.88. The predicted octanol–water partition coefficient (Wildman–Crippen LogP) is -0.893. The number of rotatable bonds is 4. The third-order valence-electron chi connectivity index (χ3n) is 3.78. The van der Waals surface area contributed by atoms with Crippen molar-refractivity contribution in [2.45, 2.75) is 24.1 Å². The van der Waals surface area contributed by atoms with Crippen molar-refractivity contribution in [3.8, 4) is 6.01 Å². The van der Waals surface area contributed by atoms with Crippen molar-refractivity contribution in [3.05, 3.63) is 12.4 Å². The number of hydrogen-bond acceptors (Lipinski definition) is 6. The second-order valence-corrected chi connectivity index (χ2v) is 8.69. The normalized spacial score (nSPS) is 25.3. The molecule has 2 aliphatic heterocycles. The van der Waals surface area contributed by atoms with Crippen LogP contribution in [0.15, 0.2) is 12.4 Å². The maximum atomic E-state index is 12.7. The molecule has 2 aliphatic rings. The molecule has 0 spiro atoms. The minimum Gasteiger partial charge on any atom is -0.375 e. The molecule has 0 saturated carbocycles. The van der Waals surface area contributed by atoms with E-state index < -0.39 is 37.9 Å². The van der Waals surface area contributed by atoms with Crippen LogP contribution in [-0.2, 0) is 32.1 Å². The lowest BCUT2D eigenvalue weighted by molar-refractivity contribution is -0.673. The molecular weight excluding hydrogens is 379 g/mol. The monoisotopic (exact) mass is 392 g/mol.